The topological polar surface area (TPSA) is 49.8 Å². The molecule has 162 valence electrons. The van der Waals surface area contributed by atoms with Gasteiger partial charge in [0.2, 0.25) is 0 Å². The number of fused-ring (bicyclic) bond motifs is 1. The predicted octanol–water partition coefficient (Wildman–Crippen LogP) is 5.34. The van der Waals surface area contributed by atoms with E-state index < -0.39 is 17.8 Å². The molecule has 1 N–H and O–H groups in total. The Balaban J connectivity index is 1.34. The van der Waals surface area contributed by atoms with Crippen molar-refractivity contribution in [2.45, 2.75) is 57.6 Å². The fourth-order valence-electron chi connectivity index (χ4n) is 4.64. The van der Waals surface area contributed by atoms with E-state index in [1.54, 1.807) is 6.92 Å². The maximum atomic E-state index is 13.9. The number of carboxylic acids is 1. The zero-order chi connectivity index (χ0) is 21.3. The van der Waals surface area contributed by atoms with E-state index in [1.165, 1.54) is 0 Å². The average Bonchev–Trinajstić information content (AvgIpc) is 2.70. The number of likely N-dealkylation sites (tertiary alicyclic amines) is 1. The van der Waals surface area contributed by atoms with E-state index in [9.17, 15) is 13.6 Å². The highest BCUT2D eigenvalue weighted by atomic mass is 19.3. The molecule has 30 heavy (non-hydrogen) atoms. The summed E-state index contributed by atoms with van der Waals surface area (Å²) in [7, 11) is 0. The molecule has 4 rings (SSSR count). The van der Waals surface area contributed by atoms with Gasteiger partial charge in [0.05, 0.1) is 12.0 Å². The van der Waals surface area contributed by atoms with Crippen LogP contribution in [-0.4, -0.2) is 41.1 Å². The highest BCUT2D eigenvalue weighted by Gasteiger charge is 2.40. The van der Waals surface area contributed by atoms with E-state index in [-0.39, 0.29) is 18.4 Å². The Labute approximate surface area is 175 Å². The molecule has 2 fully saturated rings. The summed E-state index contributed by atoms with van der Waals surface area (Å²) in [4.78, 5) is 13.1. The van der Waals surface area contributed by atoms with Crippen molar-refractivity contribution in [2.24, 2.45) is 11.8 Å². The fraction of sp³-hybridized carbons (Fsp3) is 0.542. The third-order valence-electron chi connectivity index (χ3n) is 6.63. The van der Waals surface area contributed by atoms with Crippen LogP contribution in [0.3, 0.4) is 0 Å². The van der Waals surface area contributed by atoms with Crippen LogP contribution < -0.4 is 4.74 Å². The molecule has 2 aromatic carbocycles. The summed E-state index contributed by atoms with van der Waals surface area (Å²) in [6.45, 7) is 3.52. The first kappa shape index (κ1) is 21.0. The molecule has 0 unspecified atom stereocenters. The minimum absolute atomic E-state index is 0.000716. The Kier molecular flexibility index (Phi) is 5.96. The van der Waals surface area contributed by atoms with Crippen molar-refractivity contribution in [3.8, 4) is 5.75 Å². The van der Waals surface area contributed by atoms with E-state index >= 15 is 0 Å². The molecule has 1 aliphatic carbocycles. The standard InChI is InChI=1S/C24H29F2NO3/c1-2-24(25,26)20-6-9-21(10-7-20)30-22-8-5-17-11-16(3-4-18(17)12-22)13-27-14-19(15-27)23(28)29/h3-5,8,11-12,19-21H,2,6-7,9-10,13-15H2,1H3,(H,28,29). The van der Waals surface area contributed by atoms with Crippen LogP contribution in [0.4, 0.5) is 8.78 Å². The van der Waals surface area contributed by atoms with Crippen LogP contribution in [0.25, 0.3) is 10.8 Å². The normalized spacial score (nSPS) is 23.3. The summed E-state index contributed by atoms with van der Waals surface area (Å²) in [5.41, 5.74) is 1.16. The number of ether oxygens (including phenoxy) is 1. The van der Waals surface area contributed by atoms with Crippen molar-refractivity contribution in [1.29, 1.82) is 0 Å². The number of rotatable bonds is 7. The van der Waals surface area contributed by atoms with Gasteiger partial charge < -0.3 is 9.84 Å². The van der Waals surface area contributed by atoms with Crippen molar-refractivity contribution in [2.75, 3.05) is 13.1 Å². The number of hydrogen-bond donors (Lipinski definition) is 1. The summed E-state index contributed by atoms with van der Waals surface area (Å²) < 4.78 is 33.9. The van der Waals surface area contributed by atoms with E-state index in [4.69, 9.17) is 9.84 Å². The number of benzene rings is 2. The molecular formula is C24H29F2NO3. The third-order valence-corrected chi connectivity index (χ3v) is 6.63. The summed E-state index contributed by atoms with van der Waals surface area (Å²) in [6, 6.07) is 12.2. The molecule has 0 spiro atoms. The summed E-state index contributed by atoms with van der Waals surface area (Å²) >= 11 is 0. The molecule has 1 aliphatic heterocycles. The maximum absolute atomic E-state index is 13.9. The molecule has 0 atom stereocenters. The Morgan fingerprint density at radius 2 is 1.77 bits per heavy atom. The molecule has 0 amide bonds. The van der Waals surface area contributed by atoms with Crippen molar-refractivity contribution in [1.82, 2.24) is 4.90 Å². The van der Waals surface area contributed by atoms with Gasteiger partial charge in [0, 0.05) is 32.0 Å². The highest BCUT2D eigenvalue weighted by Crippen LogP contribution is 2.39. The lowest BCUT2D eigenvalue weighted by Crippen LogP contribution is -2.49. The van der Waals surface area contributed by atoms with Crippen molar-refractivity contribution < 1.29 is 23.4 Å². The average molecular weight is 417 g/mol. The molecule has 4 nitrogen and oxygen atoms in total. The first-order valence-electron chi connectivity index (χ1n) is 10.9. The number of carbonyl (C=O) groups is 1. The van der Waals surface area contributed by atoms with Crippen LogP contribution >= 0.6 is 0 Å². The second-order valence-corrected chi connectivity index (χ2v) is 8.78. The summed E-state index contributed by atoms with van der Waals surface area (Å²) in [5, 5.41) is 11.2. The van der Waals surface area contributed by atoms with E-state index in [1.807, 2.05) is 18.2 Å². The van der Waals surface area contributed by atoms with Crippen LogP contribution in [0.2, 0.25) is 0 Å². The lowest BCUT2D eigenvalue weighted by atomic mass is 9.82. The highest BCUT2D eigenvalue weighted by molar-refractivity contribution is 5.84. The molecule has 1 heterocycles. The quantitative estimate of drug-likeness (QED) is 0.661. The molecule has 2 aliphatic rings. The third kappa shape index (κ3) is 4.59. The number of alkyl halides is 2. The van der Waals surface area contributed by atoms with Gasteiger partial charge in [0.25, 0.3) is 5.92 Å². The fourth-order valence-corrected chi connectivity index (χ4v) is 4.64. The molecule has 1 saturated heterocycles. The lowest BCUT2D eigenvalue weighted by Gasteiger charge is -2.36. The monoisotopic (exact) mass is 417 g/mol. The molecule has 1 saturated carbocycles. The van der Waals surface area contributed by atoms with Gasteiger partial charge in [0.15, 0.2) is 0 Å². The van der Waals surface area contributed by atoms with Gasteiger partial charge in [-0.3, -0.25) is 9.69 Å². The zero-order valence-corrected chi connectivity index (χ0v) is 17.3. The molecule has 0 radical (unpaired) electrons. The van der Waals surface area contributed by atoms with Crippen LogP contribution in [0.1, 0.15) is 44.6 Å². The Bertz CT molecular complexity index is 902. The number of nitrogens with zero attached hydrogens (tertiary/aromatic N) is 1. The van der Waals surface area contributed by atoms with Crippen LogP contribution in [-0.2, 0) is 11.3 Å². The van der Waals surface area contributed by atoms with Crippen LogP contribution in [0.5, 0.6) is 5.75 Å². The van der Waals surface area contributed by atoms with Crippen LogP contribution in [0, 0.1) is 11.8 Å². The number of aliphatic carboxylic acids is 1. The van der Waals surface area contributed by atoms with Crippen LogP contribution in [0.15, 0.2) is 36.4 Å². The van der Waals surface area contributed by atoms with Crippen molar-refractivity contribution in [3.63, 3.8) is 0 Å². The van der Waals surface area contributed by atoms with E-state index in [0.717, 1.165) is 28.6 Å². The van der Waals surface area contributed by atoms with E-state index in [0.29, 0.717) is 38.8 Å². The van der Waals surface area contributed by atoms with Gasteiger partial charge in [-0.1, -0.05) is 25.1 Å². The minimum Gasteiger partial charge on any atom is -0.490 e. The molecule has 0 bridgehead atoms. The summed E-state index contributed by atoms with van der Waals surface area (Å²) in [6.07, 6.45) is 2.28. The SMILES string of the molecule is CCC(F)(F)C1CCC(Oc2ccc3cc(CN4CC(C(=O)O)C4)ccc3c2)CC1. The number of carboxylic acid groups (broad SMARTS) is 1. The molecular weight excluding hydrogens is 388 g/mol. The first-order chi connectivity index (χ1) is 14.3. The van der Waals surface area contributed by atoms with Crippen molar-refractivity contribution in [3.05, 3.63) is 42.0 Å². The molecule has 0 aromatic heterocycles. The van der Waals surface area contributed by atoms with Gasteiger partial charge in [-0.2, -0.15) is 0 Å². The summed E-state index contributed by atoms with van der Waals surface area (Å²) in [5.74, 6) is -3.25. The van der Waals surface area contributed by atoms with Gasteiger partial charge in [-0.05, 0) is 60.2 Å². The smallest absolute Gasteiger partial charge is 0.309 e. The van der Waals surface area contributed by atoms with Gasteiger partial charge in [0.1, 0.15) is 5.75 Å². The van der Waals surface area contributed by atoms with Crippen molar-refractivity contribution >= 4 is 16.7 Å². The van der Waals surface area contributed by atoms with Gasteiger partial charge >= 0.3 is 5.97 Å². The van der Waals surface area contributed by atoms with Gasteiger partial charge in [-0.15, -0.1) is 0 Å². The first-order valence-corrected chi connectivity index (χ1v) is 10.9. The predicted molar refractivity (Wildman–Crippen MR) is 112 cm³/mol. The lowest BCUT2D eigenvalue weighted by molar-refractivity contribution is -0.147. The second-order valence-electron chi connectivity index (χ2n) is 8.78. The second kappa shape index (κ2) is 8.50. The number of halogens is 2. The zero-order valence-electron chi connectivity index (χ0n) is 17.3. The van der Waals surface area contributed by atoms with Gasteiger partial charge in [-0.25, -0.2) is 8.78 Å². The molecule has 6 heteroatoms. The molecule has 2 aromatic rings. The Hall–Kier alpha value is -2.21. The maximum Gasteiger partial charge on any atom is 0.309 e. The Morgan fingerprint density at radius 3 is 2.43 bits per heavy atom. The Morgan fingerprint density at radius 1 is 1.10 bits per heavy atom. The minimum atomic E-state index is -2.56. The largest absolute Gasteiger partial charge is 0.490 e. The van der Waals surface area contributed by atoms with E-state index in [2.05, 4.69) is 23.1 Å². The number of hydrogen-bond acceptors (Lipinski definition) is 3.